The Hall–Kier alpha value is -6.29. The molecule has 0 radical (unpaired) electrons. The zero-order chi connectivity index (χ0) is 53.0. The molecule has 2 aromatic heterocycles. The number of benzene rings is 2. The van der Waals surface area contributed by atoms with Crippen LogP contribution in [-0.4, -0.2) is 132 Å². The fourth-order valence-electron chi connectivity index (χ4n) is 12.4. The molecule has 19 heteroatoms. The zero-order valence-electron chi connectivity index (χ0n) is 44.5. The molecule has 3 amide bonds. The Morgan fingerprint density at radius 1 is 0.867 bits per heavy atom. The lowest BCUT2D eigenvalue weighted by Gasteiger charge is -2.63. The highest BCUT2D eigenvalue weighted by molar-refractivity contribution is 6.31. The molecule has 4 fully saturated rings. The van der Waals surface area contributed by atoms with Gasteiger partial charge in [-0.15, -0.1) is 0 Å². The molecule has 2 saturated heterocycles. The van der Waals surface area contributed by atoms with E-state index in [9.17, 15) is 19.6 Å². The third kappa shape index (κ3) is 11.5. The number of nitrogens with zero attached hydrogens (tertiary/aromatic N) is 9. The second-order valence-electron chi connectivity index (χ2n) is 22.0. The van der Waals surface area contributed by atoms with Crippen molar-refractivity contribution in [2.45, 2.75) is 142 Å². The van der Waals surface area contributed by atoms with Crippen molar-refractivity contribution in [3.05, 3.63) is 76.7 Å². The summed E-state index contributed by atoms with van der Waals surface area (Å²) in [6.45, 7) is 15.5. The van der Waals surface area contributed by atoms with Crippen molar-refractivity contribution in [3.8, 4) is 17.6 Å². The predicted molar refractivity (Wildman–Crippen MR) is 289 cm³/mol. The SMILES string of the molecule is CC[C@@H]1C(=O)N(C)c2cnc(Nc3ccc(C(=O)NC4CCN(CCCCOC5CCN(c6ncc(C(=O)NC7C(C)(C)C(Oc8ccc(C#N)c(Cl)c8)C7(C)C)cn6)CC5)CC4)cc3OC)nc2N1C1CCCC1. The van der Waals surface area contributed by atoms with Crippen LogP contribution < -0.4 is 40.1 Å². The van der Waals surface area contributed by atoms with E-state index in [4.69, 9.17) is 30.8 Å². The van der Waals surface area contributed by atoms with Gasteiger partial charge < -0.3 is 49.8 Å². The number of fused-ring (bicyclic) bond motifs is 1. The Labute approximate surface area is 446 Å². The summed E-state index contributed by atoms with van der Waals surface area (Å²) >= 11 is 6.26. The van der Waals surface area contributed by atoms with Crippen molar-refractivity contribution >= 4 is 58.4 Å². The van der Waals surface area contributed by atoms with Crippen molar-refractivity contribution in [1.82, 2.24) is 35.5 Å². The second-order valence-corrected chi connectivity index (χ2v) is 22.4. The lowest BCUT2D eigenvalue weighted by atomic mass is 9.49. The molecule has 5 heterocycles. The van der Waals surface area contributed by atoms with Crippen LogP contribution in [0.1, 0.15) is 132 Å². The summed E-state index contributed by atoms with van der Waals surface area (Å²) < 4.78 is 18.4. The minimum atomic E-state index is -0.386. The lowest BCUT2D eigenvalue weighted by Crippen LogP contribution is -2.74. The van der Waals surface area contributed by atoms with E-state index in [0.717, 1.165) is 109 Å². The third-order valence-electron chi connectivity index (χ3n) is 16.3. The number of carbonyl (C=O) groups is 3. The number of carbonyl (C=O) groups excluding carboxylic acids is 3. The molecule has 0 unspecified atom stereocenters. The first-order chi connectivity index (χ1) is 36.1. The second kappa shape index (κ2) is 22.9. The van der Waals surface area contributed by atoms with Crippen molar-refractivity contribution in [1.29, 1.82) is 5.26 Å². The van der Waals surface area contributed by atoms with E-state index in [1.165, 1.54) is 0 Å². The number of methoxy groups -OCH3 is 1. The summed E-state index contributed by atoms with van der Waals surface area (Å²) in [5.74, 6) is 2.59. The first-order valence-electron chi connectivity index (χ1n) is 26.9. The normalized spacial score (nSPS) is 22.0. The Kier molecular flexibility index (Phi) is 16.3. The number of aromatic nitrogens is 4. The van der Waals surface area contributed by atoms with E-state index in [1.54, 1.807) is 68.0 Å². The van der Waals surface area contributed by atoms with Crippen molar-refractivity contribution in [2.24, 2.45) is 10.8 Å². The van der Waals surface area contributed by atoms with Gasteiger partial charge in [0.05, 0.1) is 41.2 Å². The summed E-state index contributed by atoms with van der Waals surface area (Å²) in [6.07, 6.45) is 15.5. The van der Waals surface area contributed by atoms with Crippen LogP contribution in [-0.2, 0) is 9.53 Å². The number of halogens is 1. The van der Waals surface area contributed by atoms with Gasteiger partial charge in [-0.05, 0) is 94.7 Å². The van der Waals surface area contributed by atoms with Gasteiger partial charge in [-0.3, -0.25) is 14.4 Å². The number of hydrogen-bond donors (Lipinski definition) is 3. The summed E-state index contributed by atoms with van der Waals surface area (Å²) in [5, 5.41) is 19.4. The number of likely N-dealkylation sites (tertiary alicyclic amines) is 1. The maximum Gasteiger partial charge on any atom is 0.254 e. The number of nitriles is 1. The minimum absolute atomic E-state index is 0.0735. The van der Waals surface area contributed by atoms with Gasteiger partial charge in [-0.1, -0.05) is 59.1 Å². The number of unbranched alkanes of at least 4 members (excludes halogenated alkanes) is 1. The van der Waals surface area contributed by atoms with Crippen molar-refractivity contribution < 1.29 is 28.6 Å². The number of ether oxygens (including phenoxy) is 3. The molecule has 4 aromatic rings. The molecule has 3 aliphatic heterocycles. The van der Waals surface area contributed by atoms with Gasteiger partial charge in [0, 0.05) is 92.8 Å². The number of nitrogens with one attached hydrogen (secondary N) is 3. The van der Waals surface area contributed by atoms with Gasteiger partial charge >= 0.3 is 0 Å². The molecule has 0 spiro atoms. The van der Waals surface area contributed by atoms with Gasteiger partial charge in [-0.2, -0.15) is 10.2 Å². The Bertz CT molecular complexity index is 2720. The number of piperidine rings is 2. The first-order valence-corrected chi connectivity index (χ1v) is 27.2. The maximum atomic E-state index is 13.5. The molecule has 5 aliphatic rings. The van der Waals surface area contributed by atoms with Gasteiger partial charge in [0.15, 0.2) is 5.82 Å². The molecule has 2 aliphatic carbocycles. The van der Waals surface area contributed by atoms with Crippen LogP contribution in [0.5, 0.6) is 11.5 Å². The molecule has 400 valence electrons. The quantitative estimate of drug-likeness (QED) is 0.0802. The number of rotatable bonds is 18. The topological polar surface area (TPSA) is 203 Å². The van der Waals surface area contributed by atoms with Gasteiger partial charge in [0.1, 0.15) is 35.4 Å². The minimum Gasteiger partial charge on any atom is -0.495 e. The Morgan fingerprint density at radius 3 is 2.24 bits per heavy atom. The summed E-state index contributed by atoms with van der Waals surface area (Å²) in [7, 11) is 3.38. The highest BCUT2D eigenvalue weighted by Crippen LogP contribution is 2.55. The fourth-order valence-corrected chi connectivity index (χ4v) is 12.6. The highest BCUT2D eigenvalue weighted by atomic mass is 35.5. The first kappa shape index (κ1) is 53.5. The van der Waals surface area contributed by atoms with Gasteiger partial charge in [0.25, 0.3) is 11.8 Å². The van der Waals surface area contributed by atoms with Crippen LogP contribution in [0, 0.1) is 22.2 Å². The fraction of sp³-hybridized carbons (Fsp3) is 0.571. The van der Waals surface area contributed by atoms with Gasteiger partial charge in [-0.25, -0.2) is 15.0 Å². The number of likely N-dealkylation sites (N-methyl/N-ethyl adjacent to an activating group) is 1. The highest BCUT2D eigenvalue weighted by Gasteiger charge is 2.64. The third-order valence-corrected chi connectivity index (χ3v) is 16.6. The standard InChI is InChI=1S/C56H73ClN12O6/c1-8-44-50(72)66(6)45-34-59-53(64-47(45)69(44)39-13-9-10-14-39)63-43-18-16-35(29-46(43)73-7)48(70)62-38-19-24-67(25-20-38)23-11-12-28-74-40-21-26-68(27-22-40)54-60-32-37(33-61-54)49(71)65-51-55(2,3)52(56(51,4)5)75-41-17-15-36(31-58)42(57)30-41/h15-18,29-30,32-34,38-40,44,51-52H,8-14,19-28H2,1-7H3,(H,62,70)(H,65,71)(H,59,63,64)/t44-,51?,52?/m1/s1. The maximum absolute atomic E-state index is 13.5. The number of anilines is 5. The molecule has 1 atom stereocenters. The zero-order valence-corrected chi connectivity index (χ0v) is 45.3. The van der Waals surface area contributed by atoms with Crippen molar-refractivity contribution in [3.63, 3.8) is 0 Å². The average molecular weight is 1050 g/mol. The van der Waals surface area contributed by atoms with E-state index in [2.05, 4.69) is 86.3 Å². The van der Waals surface area contributed by atoms with E-state index < -0.39 is 0 Å². The summed E-state index contributed by atoms with van der Waals surface area (Å²) in [6, 6.07) is 12.4. The summed E-state index contributed by atoms with van der Waals surface area (Å²) in [5.41, 5.74) is 1.90. The van der Waals surface area contributed by atoms with Crippen LogP contribution in [0.4, 0.5) is 29.1 Å². The molecule has 18 nitrogen and oxygen atoms in total. The molecular weight excluding hydrogens is 972 g/mol. The van der Waals surface area contributed by atoms with Crippen LogP contribution in [0.15, 0.2) is 55.0 Å². The van der Waals surface area contributed by atoms with E-state index in [0.29, 0.717) is 62.9 Å². The predicted octanol–water partition coefficient (Wildman–Crippen LogP) is 8.32. The molecule has 75 heavy (non-hydrogen) atoms. The van der Waals surface area contributed by atoms with Crippen LogP contribution in [0.3, 0.4) is 0 Å². The molecule has 0 bridgehead atoms. The van der Waals surface area contributed by atoms with Gasteiger partial charge in [0.2, 0.25) is 17.8 Å². The molecular formula is C56H73ClN12O6. The Morgan fingerprint density at radius 2 is 1.57 bits per heavy atom. The molecule has 2 aromatic carbocycles. The molecule has 2 saturated carbocycles. The van der Waals surface area contributed by atoms with E-state index >= 15 is 0 Å². The van der Waals surface area contributed by atoms with Crippen molar-refractivity contribution in [2.75, 3.05) is 73.5 Å². The summed E-state index contributed by atoms with van der Waals surface area (Å²) in [4.78, 5) is 67.5. The van der Waals surface area contributed by atoms with Crippen LogP contribution >= 0.6 is 11.6 Å². The number of amides is 3. The smallest absolute Gasteiger partial charge is 0.254 e. The largest absolute Gasteiger partial charge is 0.495 e. The lowest BCUT2D eigenvalue weighted by molar-refractivity contribution is -0.164. The molecule has 9 rings (SSSR count). The number of hydrogen-bond acceptors (Lipinski definition) is 15. The van der Waals surface area contributed by atoms with E-state index in [-0.39, 0.29) is 64.9 Å². The van der Waals surface area contributed by atoms with Crippen LogP contribution in [0.2, 0.25) is 5.02 Å². The Balaban J connectivity index is 0.659. The van der Waals surface area contributed by atoms with Crippen LogP contribution in [0.25, 0.3) is 0 Å². The molecule has 3 N–H and O–H groups in total. The average Bonchev–Trinajstić information content (AvgIpc) is 3.96. The monoisotopic (exact) mass is 1040 g/mol. The van der Waals surface area contributed by atoms with E-state index in [1.807, 2.05) is 6.07 Å².